The number of hydrogen-bond donors (Lipinski definition) is 3. The highest BCUT2D eigenvalue weighted by atomic mass is 16.5. The fourth-order valence-electron chi connectivity index (χ4n) is 2.59. The molecule has 2 aromatic rings. The first-order valence-electron chi connectivity index (χ1n) is 9.53. The molecular formula is C22H26N4O3. The van der Waals surface area contributed by atoms with Crippen LogP contribution >= 0.6 is 0 Å². The molecule has 0 saturated carbocycles. The van der Waals surface area contributed by atoms with Gasteiger partial charge in [0.05, 0.1) is 12.7 Å². The number of unbranched alkanes of at least 4 members (excludes halogenated alkanes) is 1. The van der Waals surface area contributed by atoms with Gasteiger partial charge in [0, 0.05) is 23.9 Å². The zero-order valence-electron chi connectivity index (χ0n) is 16.6. The first-order chi connectivity index (χ1) is 14.0. The number of carbonyl (C=O) groups is 2. The summed E-state index contributed by atoms with van der Waals surface area (Å²) in [6.07, 6.45) is 1.08. The average Bonchev–Trinajstić information content (AvgIpc) is 2.70. The summed E-state index contributed by atoms with van der Waals surface area (Å²) < 4.78 is 5.59. The maximum atomic E-state index is 12.7. The van der Waals surface area contributed by atoms with Crippen molar-refractivity contribution in [2.24, 2.45) is 5.92 Å². The van der Waals surface area contributed by atoms with E-state index in [1.165, 1.54) is 0 Å². The molecule has 2 rings (SSSR count). The summed E-state index contributed by atoms with van der Waals surface area (Å²) in [5, 5.41) is 16.8. The van der Waals surface area contributed by atoms with E-state index in [0.717, 1.165) is 0 Å². The first-order valence-corrected chi connectivity index (χ1v) is 9.53. The van der Waals surface area contributed by atoms with Gasteiger partial charge in [-0.15, -0.1) is 0 Å². The predicted octanol–water partition coefficient (Wildman–Crippen LogP) is 4.15. The van der Waals surface area contributed by atoms with Crippen LogP contribution in [0.25, 0.3) is 0 Å². The van der Waals surface area contributed by atoms with Gasteiger partial charge in [-0.3, -0.25) is 4.79 Å². The molecule has 7 heteroatoms. The molecule has 0 spiro atoms. The van der Waals surface area contributed by atoms with Crippen molar-refractivity contribution in [1.29, 1.82) is 5.26 Å². The van der Waals surface area contributed by atoms with Crippen LogP contribution in [0.2, 0.25) is 0 Å². The highest BCUT2D eigenvalue weighted by Crippen LogP contribution is 2.18. The van der Waals surface area contributed by atoms with Crippen molar-refractivity contribution in [3.8, 4) is 11.8 Å². The molecule has 0 aliphatic heterocycles. The second-order valence-corrected chi connectivity index (χ2v) is 6.81. The highest BCUT2D eigenvalue weighted by Gasteiger charge is 2.24. The lowest BCUT2D eigenvalue weighted by molar-refractivity contribution is -0.118. The molecule has 0 fully saturated rings. The third-order valence-corrected chi connectivity index (χ3v) is 4.07. The van der Waals surface area contributed by atoms with E-state index in [1.54, 1.807) is 36.4 Å². The molecule has 1 unspecified atom stereocenters. The normalized spacial score (nSPS) is 11.2. The topological polar surface area (TPSA) is 103 Å². The van der Waals surface area contributed by atoms with Gasteiger partial charge < -0.3 is 20.7 Å². The first kappa shape index (κ1) is 21.8. The standard InChI is InChI=1S/C22H26N4O3/c1-16(2)20(26-22(28)25-17-9-4-3-5-10-17)21(27)24-18-11-8-12-19(15-18)29-14-7-6-13-23/h3-5,8-12,15-16,20H,6-7,14H2,1-2H3,(H,24,27)(H2,25,26,28). The fraction of sp³-hybridized carbons (Fsp3) is 0.318. The van der Waals surface area contributed by atoms with Crippen LogP contribution in [0.1, 0.15) is 26.7 Å². The largest absolute Gasteiger partial charge is 0.493 e. The van der Waals surface area contributed by atoms with E-state index in [1.807, 2.05) is 32.0 Å². The Labute approximate surface area is 171 Å². The van der Waals surface area contributed by atoms with Crippen LogP contribution in [0.5, 0.6) is 5.75 Å². The van der Waals surface area contributed by atoms with Crippen molar-refractivity contribution < 1.29 is 14.3 Å². The lowest BCUT2D eigenvalue weighted by atomic mass is 10.0. The lowest BCUT2D eigenvalue weighted by Gasteiger charge is -2.22. The molecule has 0 aliphatic carbocycles. The molecule has 1 atom stereocenters. The minimum Gasteiger partial charge on any atom is -0.493 e. The Hall–Kier alpha value is -3.53. The van der Waals surface area contributed by atoms with Gasteiger partial charge in [0.1, 0.15) is 11.8 Å². The van der Waals surface area contributed by atoms with Crippen molar-refractivity contribution in [1.82, 2.24) is 5.32 Å². The number of rotatable bonds is 9. The van der Waals surface area contributed by atoms with Crippen molar-refractivity contribution in [2.75, 3.05) is 17.2 Å². The number of nitrogens with one attached hydrogen (secondary N) is 3. The minimum absolute atomic E-state index is 0.109. The molecule has 0 bridgehead atoms. The molecule has 0 aliphatic rings. The molecule has 2 aromatic carbocycles. The van der Waals surface area contributed by atoms with E-state index in [0.29, 0.717) is 36.6 Å². The molecule has 29 heavy (non-hydrogen) atoms. The monoisotopic (exact) mass is 394 g/mol. The van der Waals surface area contributed by atoms with E-state index >= 15 is 0 Å². The molecule has 152 valence electrons. The molecule has 0 saturated heterocycles. The molecule has 0 radical (unpaired) electrons. The summed E-state index contributed by atoms with van der Waals surface area (Å²) >= 11 is 0. The zero-order valence-corrected chi connectivity index (χ0v) is 16.6. The van der Waals surface area contributed by atoms with E-state index < -0.39 is 12.1 Å². The molecule has 3 amide bonds. The van der Waals surface area contributed by atoms with Gasteiger partial charge in [-0.25, -0.2) is 4.79 Å². The zero-order chi connectivity index (χ0) is 21.1. The molecule has 7 nitrogen and oxygen atoms in total. The van der Waals surface area contributed by atoms with Crippen molar-refractivity contribution in [2.45, 2.75) is 32.7 Å². The lowest BCUT2D eigenvalue weighted by Crippen LogP contribution is -2.48. The number of para-hydroxylation sites is 1. The molecule has 0 heterocycles. The van der Waals surface area contributed by atoms with Gasteiger partial charge >= 0.3 is 6.03 Å². The number of carbonyl (C=O) groups excluding carboxylic acids is 2. The maximum absolute atomic E-state index is 12.7. The van der Waals surface area contributed by atoms with E-state index in [2.05, 4.69) is 22.0 Å². The number of urea groups is 1. The van der Waals surface area contributed by atoms with Crippen LogP contribution in [-0.4, -0.2) is 24.6 Å². The Kier molecular flexibility index (Phi) is 8.51. The molecular weight excluding hydrogens is 368 g/mol. The molecule has 0 aromatic heterocycles. The number of nitrogens with zero attached hydrogens (tertiary/aromatic N) is 1. The number of hydrogen-bond acceptors (Lipinski definition) is 4. The van der Waals surface area contributed by atoms with Crippen molar-refractivity contribution in [3.05, 3.63) is 54.6 Å². The number of nitriles is 1. The Balaban J connectivity index is 1.95. The van der Waals surface area contributed by atoms with E-state index in [-0.39, 0.29) is 11.8 Å². The summed E-state index contributed by atoms with van der Waals surface area (Å²) in [6, 6.07) is 17.0. The number of anilines is 2. The highest BCUT2D eigenvalue weighted by molar-refractivity contribution is 5.99. The summed E-state index contributed by atoms with van der Waals surface area (Å²) in [7, 11) is 0. The third-order valence-electron chi connectivity index (χ3n) is 4.07. The number of benzene rings is 2. The summed E-state index contributed by atoms with van der Waals surface area (Å²) in [6.45, 7) is 4.16. The Morgan fingerprint density at radius 2 is 1.76 bits per heavy atom. The van der Waals surface area contributed by atoms with Crippen LogP contribution in [-0.2, 0) is 4.79 Å². The van der Waals surface area contributed by atoms with E-state index in [4.69, 9.17) is 10.00 Å². The smallest absolute Gasteiger partial charge is 0.319 e. The van der Waals surface area contributed by atoms with Crippen LogP contribution in [0.4, 0.5) is 16.2 Å². The maximum Gasteiger partial charge on any atom is 0.319 e. The quantitative estimate of drug-likeness (QED) is 0.556. The third kappa shape index (κ3) is 7.54. The average molecular weight is 394 g/mol. The number of amides is 3. The van der Waals surface area contributed by atoms with E-state index in [9.17, 15) is 9.59 Å². The van der Waals surface area contributed by atoms with Crippen molar-refractivity contribution in [3.63, 3.8) is 0 Å². The van der Waals surface area contributed by atoms with Gasteiger partial charge in [-0.2, -0.15) is 5.26 Å². The van der Waals surface area contributed by atoms with Gasteiger partial charge in [0.15, 0.2) is 0 Å². The van der Waals surface area contributed by atoms with Gasteiger partial charge in [-0.1, -0.05) is 38.1 Å². The second-order valence-electron chi connectivity index (χ2n) is 6.81. The predicted molar refractivity (Wildman–Crippen MR) is 113 cm³/mol. The van der Waals surface area contributed by atoms with Crippen LogP contribution in [0, 0.1) is 17.2 Å². The van der Waals surface area contributed by atoms with Gasteiger partial charge in [-0.05, 0) is 36.6 Å². The second kappa shape index (κ2) is 11.3. The van der Waals surface area contributed by atoms with Gasteiger partial charge in [0.2, 0.25) is 5.91 Å². The number of ether oxygens (including phenoxy) is 1. The Morgan fingerprint density at radius 3 is 2.45 bits per heavy atom. The summed E-state index contributed by atoms with van der Waals surface area (Å²) in [4.78, 5) is 25.0. The minimum atomic E-state index is -0.709. The van der Waals surface area contributed by atoms with Crippen molar-refractivity contribution >= 4 is 23.3 Å². The van der Waals surface area contributed by atoms with Crippen LogP contribution < -0.4 is 20.7 Å². The Bertz CT molecular complexity index is 847. The summed E-state index contributed by atoms with van der Waals surface area (Å²) in [5.41, 5.74) is 1.22. The van der Waals surface area contributed by atoms with Crippen LogP contribution in [0.3, 0.4) is 0 Å². The Morgan fingerprint density at radius 1 is 1.03 bits per heavy atom. The fourth-order valence-corrected chi connectivity index (χ4v) is 2.59. The van der Waals surface area contributed by atoms with Gasteiger partial charge in [0.25, 0.3) is 0 Å². The summed E-state index contributed by atoms with van der Waals surface area (Å²) in [5.74, 6) is 0.184. The van der Waals surface area contributed by atoms with Crippen LogP contribution in [0.15, 0.2) is 54.6 Å². The SMILES string of the molecule is CC(C)C(NC(=O)Nc1ccccc1)C(=O)Nc1cccc(OCCCC#N)c1. The molecule has 3 N–H and O–H groups in total.